The summed E-state index contributed by atoms with van der Waals surface area (Å²) in [4.78, 5) is 10.8. The molecule has 0 saturated carbocycles. The molecular weight excluding hydrogens is 171 g/mol. The second kappa shape index (κ2) is 4.51. The van der Waals surface area contributed by atoms with Crippen LogP contribution >= 0.6 is 12.4 Å². The minimum atomic E-state index is -0.859. The molecule has 1 amide bonds. The summed E-state index contributed by atoms with van der Waals surface area (Å²) in [6.07, 6.45) is -0.554. The van der Waals surface area contributed by atoms with Gasteiger partial charge in [0.2, 0.25) is 5.91 Å². The van der Waals surface area contributed by atoms with Crippen LogP contribution in [0.25, 0.3) is 0 Å². The molecule has 0 aromatic heterocycles. The molecule has 11 heavy (non-hydrogen) atoms. The molecule has 2 atom stereocenters. The number of hydrogen-bond acceptors (Lipinski definition) is 2. The van der Waals surface area contributed by atoms with Crippen LogP contribution < -0.4 is 10.6 Å². The third-order valence-corrected chi connectivity index (χ3v) is 1.64. The van der Waals surface area contributed by atoms with E-state index in [0.717, 1.165) is 0 Å². The molecule has 0 spiro atoms. The highest BCUT2D eigenvalue weighted by atomic mass is 35.5. The Morgan fingerprint density at radius 1 is 1.73 bits per heavy atom. The zero-order valence-electron chi connectivity index (χ0n) is 6.26. The van der Waals surface area contributed by atoms with Crippen molar-refractivity contribution in [3.8, 4) is 0 Å². The average Bonchev–Trinajstić information content (AvgIpc) is 2.34. The molecule has 0 aliphatic carbocycles. The standard InChI is InChI=1S/C6H11FN2O.ClH/c1-8-6(10)5-2-4(7)3-9-5;/h4-5,9H,2-3H2,1H3,(H,8,10);1H. The molecule has 1 rings (SSSR count). The second-order valence-electron chi connectivity index (χ2n) is 2.41. The van der Waals surface area contributed by atoms with E-state index in [2.05, 4.69) is 10.6 Å². The van der Waals surface area contributed by atoms with E-state index in [1.165, 1.54) is 0 Å². The predicted octanol–water partition coefficient (Wildman–Crippen LogP) is -0.146. The van der Waals surface area contributed by atoms with Crippen LogP contribution in [0.4, 0.5) is 4.39 Å². The van der Waals surface area contributed by atoms with Crippen LogP contribution in [0.2, 0.25) is 0 Å². The number of carbonyl (C=O) groups excluding carboxylic acids is 1. The summed E-state index contributed by atoms with van der Waals surface area (Å²) in [6.45, 7) is 0.304. The summed E-state index contributed by atoms with van der Waals surface area (Å²) >= 11 is 0. The summed E-state index contributed by atoms with van der Waals surface area (Å²) < 4.78 is 12.4. The molecule has 3 nitrogen and oxygen atoms in total. The molecule has 5 heteroatoms. The smallest absolute Gasteiger partial charge is 0.236 e. The number of amides is 1. The van der Waals surface area contributed by atoms with Gasteiger partial charge >= 0.3 is 0 Å². The Morgan fingerprint density at radius 3 is 2.73 bits per heavy atom. The number of rotatable bonds is 1. The van der Waals surface area contributed by atoms with Crippen molar-refractivity contribution in [2.75, 3.05) is 13.6 Å². The summed E-state index contributed by atoms with van der Waals surface area (Å²) in [6, 6.07) is -0.319. The third kappa shape index (κ3) is 2.63. The van der Waals surface area contributed by atoms with Gasteiger partial charge in [-0.25, -0.2) is 4.39 Å². The Balaban J connectivity index is 0.000001000. The summed E-state index contributed by atoms with van der Waals surface area (Å²) in [5, 5.41) is 5.23. The lowest BCUT2D eigenvalue weighted by atomic mass is 10.2. The maximum atomic E-state index is 12.4. The maximum Gasteiger partial charge on any atom is 0.236 e. The zero-order valence-corrected chi connectivity index (χ0v) is 7.08. The van der Waals surface area contributed by atoms with Crippen LogP contribution in [0.5, 0.6) is 0 Å². The predicted molar refractivity (Wildman–Crippen MR) is 42.6 cm³/mol. The van der Waals surface area contributed by atoms with E-state index in [1.807, 2.05) is 0 Å². The van der Waals surface area contributed by atoms with E-state index < -0.39 is 6.17 Å². The van der Waals surface area contributed by atoms with Crippen molar-refractivity contribution >= 4 is 18.3 Å². The normalized spacial score (nSPS) is 29.3. The Bertz CT molecular complexity index is 145. The van der Waals surface area contributed by atoms with Crippen molar-refractivity contribution in [2.24, 2.45) is 0 Å². The molecule has 66 valence electrons. The molecule has 1 heterocycles. The minimum Gasteiger partial charge on any atom is -0.358 e. The first-order valence-electron chi connectivity index (χ1n) is 3.33. The number of halogens is 2. The van der Waals surface area contributed by atoms with Crippen molar-refractivity contribution in [3.05, 3.63) is 0 Å². The van der Waals surface area contributed by atoms with Crippen LogP contribution in [0.15, 0.2) is 0 Å². The largest absolute Gasteiger partial charge is 0.358 e. The SMILES string of the molecule is CNC(=O)C1CC(F)CN1.Cl. The van der Waals surface area contributed by atoms with Crippen LogP contribution in [0, 0.1) is 0 Å². The number of alkyl halides is 1. The van der Waals surface area contributed by atoms with E-state index in [1.54, 1.807) is 7.05 Å². The summed E-state index contributed by atoms with van der Waals surface area (Å²) in [5.41, 5.74) is 0. The molecule has 0 bridgehead atoms. The Hall–Kier alpha value is -0.350. The summed E-state index contributed by atoms with van der Waals surface area (Å²) in [7, 11) is 1.55. The first-order chi connectivity index (χ1) is 4.74. The van der Waals surface area contributed by atoms with Crippen molar-refractivity contribution in [2.45, 2.75) is 18.6 Å². The van der Waals surface area contributed by atoms with E-state index >= 15 is 0 Å². The number of hydrogen-bond donors (Lipinski definition) is 2. The molecule has 1 aliphatic heterocycles. The monoisotopic (exact) mass is 182 g/mol. The van der Waals surface area contributed by atoms with Gasteiger partial charge in [0, 0.05) is 20.0 Å². The van der Waals surface area contributed by atoms with Crippen LogP contribution in [0.1, 0.15) is 6.42 Å². The van der Waals surface area contributed by atoms with Gasteiger partial charge in [-0.2, -0.15) is 0 Å². The van der Waals surface area contributed by atoms with Crippen molar-refractivity contribution in [1.82, 2.24) is 10.6 Å². The lowest BCUT2D eigenvalue weighted by molar-refractivity contribution is -0.122. The molecule has 0 aromatic carbocycles. The lowest BCUT2D eigenvalue weighted by Crippen LogP contribution is -2.38. The van der Waals surface area contributed by atoms with Gasteiger partial charge in [-0.3, -0.25) is 4.79 Å². The second-order valence-corrected chi connectivity index (χ2v) is 2.41. The fraction of sp³-hybridized carbons (Fsp3) is 0.833. The summed E-state index contributed by atoms with van der Waals surface area (Å²) in [5.74, 6) is -0.125. The Kier molecular flexibility index (Phi) is 4.37. The van der Waals surface area contributed by atoms with Crippen LogP contribution in [-0.2, 0) is 4.79 Å². The zero-order chi connectivity index (χ0) is 7.56. The van der Waals surface area contributed by atoms with Gasteiger partial charge in [-0.15, -0.1) is 12.4 Å². The van der Waals surface area contributed by atoms with Crippen molar-refractivity contribution in [3.63, 3.8) is 0 Å². The van der Waals surface area contributed by atoms with E-state index in [4.69, 9.17) is 0 Å². The molecule has 1 fully saturated rings. The fourth-order valence-electron chi connectivity index (χ4n) is 1.07. The van der Waals surface area contributed by atoms with Gasteiger partial charge in [0.1, 0.15) is 6.17 Å². The van der Waals surface area contributed by atoms with Gasteiger partial charge in [-0.1, -0.05) is 0 Å². The Labute approximate surface area is 71.1 Å². The van der Waals surface area contributed by atoms with E-state index in [0.29, 0.717) is 13.0 Å². The van der Waals surface area contributed by atoms with Gasteiger partial charge in [0.15, 0.2) is 0 Å². The highest BCUT2D eigenvalue weighted by Gasteiger charge is 2.28. The first-order valence-corrected chi connectivity index (χ1v) is 3.33. The van der Waals surface area contributed by atoms with Crippen LogP contribution in [-0.4, -0.2) is 31.7 Å². The molecule has 0 radical (unpaired) electrons. The van der Waals surface area contributed by atoms with E-state index in [9.17, 15) is 9.18 Å². The highest BCUT2D eigenvalue weighted by molar-refractivity contribution is 5.85. The van der Waals surface area contributed by atoms with Crippen molar-refractivity contribution < 1.29 is 9.18 Å². The van der Waals surface area contributed by atoms with E-state index in [-0.39, 0.29) is 24.4 Å². The number of nitrogens with one attached hydrogen (secondary N) is 2. The van der Waals surface area contributed by atoms with Gasteiger partial charge < -0.3 is 10.6 Å². The average molecular weight is 183 g/mol. The topological polar surface area (TPSA) is 41.1 Å². The third-order valence-electron chi connectivity index (χ3n) is 1.64. The van der Waals surface area contributed by atoms with Gasteiger partial charge in [0.25, 0.3) is 0 Å². The van der Waals surface area contributed by atoms with Gasteiger partial charge in [-0.05, 0) is 0 Å². The first kappa shape index (κ1) is 10.7. The quantitative estimate of drug-likeness (QED) is 0.593. The molecular formula is C6H12ClFN2O. The lowest BCUT2D eigenvalue weighted by Gasteiger charge is -2.05. The number of carbonyl (C=O) groups is 1. The maximum absolute atomic E-state index is 12.4. The van der Waals surface area contributed by atoms with Gasteiger partial charge in [0.05, 0.1) is 6.04 Å². The highest BCUT2D eigenvalue weighted by Crippen LogP contribution is 2.09. The molecule has 1 aliphatic rings. The Morgan fingerprint density at radius 2 is 2.36 bits per heavy atom. The van der Waals surface area contributed by atoms with Crippen molar-refractivity contribution in [1.29, 1.82) is 0 Å². The molecule has 0 aromatic rings. The molecule has 2 N–H and O–H groups in total. The minimum absolute atomic E-state index is 0. The number of likely N-dealkylation sites (N-methyl/N-ethyl adjacent to an activating group) is 1. The van der Waals surface area contributed by atoms with Crippen LogP contribution in [0.3, 0.4) is 0 Å². The fourth-order valence-corrected chi connectivity index (χ4v) is 1.07. The molecule has 1 saturated heterocycles. The molecule has 2 unspecified atom stereocenters.